The van der Waals surface area contributed by atoms with Gasteiger partial charge in [0.1, 0.15) is 24.2 Å². The van der Waals surface area contributed by atoms with Gasteiger partial charge in [-0.25, -0.2) is 0 Å². The van der Waals surface area contributed by atoms with Gasteiger partial charge in [0, 0.05) is 18.8 Å². The quantitative estimate of drug-likeness (QED) is 0.826. The lowest BCUT2D eigenvalue weighted by molar-refractivity contribution is 0.0839. The Kier molecular flexibility index (Phi) is 4.58. The number of benzene rings is 1. The second-order valence-electron chi connectivity index (χ2n) is 4.90. The van der Waals surface area contributed by atoms with Crippen molar-refractivity contribution in [1.29, 1.82) is 0 Å². The number of hydrogen-bond acceptors (Lipinski definition) is 6. The number of amides is 1. The molecule has 0 aliphatic carbocycles. The normalized spacial score (nSPS) is 13.4. The van der Waals surface area contributed by atoms with Crippen molar-refractivity contribution >= 4 is 5.91 Å². The minimum absolute atomic E-state index is 0.0438. The first-order valence-electron chi connectivity index (χ1n) is 7.12. The van der Waals surface area contributed by atoms with Gasteiger partial charge in [-0.2, -0.15) is 0 Å². The number of hydrogen-bond donors (Lipinski definition) is 2. The molecule has 7 nitrogen and oxygen atoms in total. The zero-order valence-corrected chi connectivity index (χ0v) is 12.3. The lowest BCUT2D eigenvalue weighted by atomic mass is 10.3. The molecule has 1 amide bonds. The second-order valence-corrected chi connectivity index (χ2v) is 4.90. The largest absolute Gasteiger partial charge is 0.491 e. The molecule has 1 atom stereocenters. The fourth-order valence-corrected chi connectivity index (χ4v) is 2.02. The predicted octanol–water partition coefficient (Wildman–Crippen LogP) is 0.980. The average molecular weight is 316 g/mol. The Labute approximate surface area is 132 Å². The van der Waals surface area contributed by atoms with Gasteiger partial charge in [0.15, 0.2) is 11.5 Å². The number of carbonyl (C=O) groups is 1. The van der Waals surface area contributed by atoms with Gasteiger partial charge in [0.2, 0.25) is 6.79 Å². The van der Waals surface area contributed by atoms with Crippen LogP contribution in [0.1, 0.15) is 10.5 Å². The highest BCUT2D eigenvalue weighted by Gasteiger charge is 2.15. The Morgan fingerprint density at radius 1 is 1.30 bits per heavy atom. The molecule has 0 saturated heterocycles. The van der Waals surface area contributed by atoms with Crippen LogP contribution in [0.2, 0.25) is 0 Å². The Balaban J connectivity index is 1.44. The van der Waals surface area contributed by atoms with Crippen LogP contribution in [0.15, 0.2) is 42.6 Å². The molecule has 1 aliphatic rings. The molecule has 0 bridgehead atoms. The van der Waals surface area contributed by atoms with Gasteiger partial charge < -0.3 is 24.6 Å². The number of aliphatic hydroxyl groups excluding tert-OH is 1. The van der Waals surface area contributed by atoms with Crippen molar-refractivity contribution < 1.29 is 24.1 Å². The summed E-state index contributed by atoms with van der Waals surface area (Å²) < 4.78 is 15.9. The standard InChI is InChI=1S/C16H16N2O5/c19-11(8-18-16(20)13-3-1-2-6-17-13)9-21-12-4-5-14-15(7-12)23-10-22-14/h1-7,11,19H,8-10H2,(H,18,20)/t11-/m0/s1. The lowest BCUT2D eigenvalue weighted by Crippen LogP contribution is -2.35. The van der Waals surface area contributed by atoms with Crippen LogP contribution < -0.4 is 19.5 Å². The maximum atomic E-state index is 11.8. The van der Waals surface area contributed by atoms with E-state index in [1.165, 1.54) is 6.20 Å². The summed E-state index contributed by atoms with van der Waals surface area (Å²) in [6.45, 7) is 0.309. The van der Waals surface area contributed by atoms with E-state index in [2.05, 4.69) is 10.3 Å². The summed E-state index contributed by atoms with van der Waals surface area (Å²) in [4.78, 5) is 15.7. The molecule has 1 aliphatic heterocycles. The Hall–Kier alpha value is -2.80. The summed E-state index contributed by atoms with van der Waals surface area (Å²) in [5.41, 5.74) is 0.302. The maximum Gasteiger partial charge on any atom is 0.269 e. The number of ether oxygens (including phenoxy) is 3. The van der Waals surface area contributed by atoms with Crippen LogP contribution in [-0.4, -0.2) is 42.0 Å². The molecule has 1 aromatic carbocycles. The van der Waals surface area contributed by atoms with Gasteiger partial charge in [-0.1, -0.05) is 6.07 Å². The first kappa shape index (κ1) is 15.1. The molecule has 2 N–H and O–H groups in total. The van der Waals surface area contributed by atoms with Crippen molar-refractivity contribution in [3.05, 3.63) is 48.3 Å². The first-order valence-corrected chi connectivity index (χ1v) is 7.12. The van der Waals surface area contributed by atoms with Crippen LogP contribution in [-0.2, 0) is 0 Å². The maximum absolute atomic E-state index is 11.8. The van der Waals surface area contributed by atoms with Crippen LogP contribution in [0.3, 0.4) is 0 Å². The predicted molar refractivity (Wildman–Crippen MR) is 80.6 cm³/mol. The Bertz CT molecular complexity index is 677. The van der Waals surface area contributed by atoms with Crippen molar-refractivity contribution in [3.63, 3.8) is 0 Å². The van der Waals surface area contributed by atoms with Crippen molar-refractivity contribution in [2.24, 2.45) is 0 Å². The monoisotopic (exact) mass is 316 g/mol. The number of aromatic nitrogens is 1. The van der Waals surface area contributed by atoms with E-state index in [0.29, 0.717) is 22.9 Å². The van der Waals surface area contributed by atoms with E-state index >= 15 is 0 Å². The zero-order chi connectivity index (χ0) is 16.1. The molecule has 0 spiro atoms. The van der Waals surface area contributed by atoms with Crippen LogP contribution in [0.5, 0.6) is 17.2 Å². The van der Waals surface area contributed by atoms with Crippen molar-refractivity contribution in [1.82, 2.24) is 10.3 Å². The number of carbonyl (C=O) groups excluding carboxylic acids is 1. The molecule has 23 heavy (non-hydrogen) atoms. The van der Waals surface area contributed by atoms with E-state index in [4.69, 9.17) is 14.2 Å². The van der Waals surface area contributed by atoms with E-state index in [1.807, 2.05) is 0 Å². The number of aliphatic hydroxyl groups is 1. The third kappa shape index (κ3) is 3.89. The van der Waals surface area contributed by atoms with Crippen LogP contribution in [0, 0.1) is 0 Å². The van der Waals surface area contributed by atoms with E-state index in [0.717, 1.165) is 0 Å². The van der Waals surface area contributed by atoms with Gasteiger partial charge >= 0.3 is 0 Å². The summed E-state index contributed by atoms with van der Waals surface area (Å²) >= 11 is 0. The van der Waals surface area contributed by atoms with Crippen LogP contribution in [0.25, 0.3) is 0 Å². The third-order valence-electron chi connectivity index (χ3n) is 3.18. The van der Waals surface area contributed by atoms with Crippen LogP contribution in [0.4, 0.5) is 0 Å². The van der Waals surface area contributed by atoms with Gasteiger partial charge in [-0.3, -0.25) is 9.78 Å². The number of nitrogens with one attached hydrogen (secondary N) is 1. The Morgan fingerprint density at radius 2 is 2.17 bits per heavy atom. The summed E-state index contributed by atoms with van der Waals surface area (Å²) in [5, 5.41) is 12.5. The number of nitrogens with zero attached hydrogens (tertiary/aromatic N) is 1. The molecular formula is C16H16N2O5. The van der Waals surface area contributed by atoms with E-state index in [-0.39, 0.29) is 25.9 Å². The number of pyridine rings is 1. The van der Waals surface area contributed by atoms with Gasteiger partial charge in [0.05, 0.1) is 0 Å². The molecule has 3 rings (SSSR count). The van der Waals surface area contributed by atoms with E-state index in [9.17, 15) is 9.90 Å². The van der Waals surface area contributed by atoms with E-state index in [1.54, 1.807) is 36.4 Å². The fourth-order valence-electron chi connectivity index (χ4n) is 2.02. The SMILES string of the molecule is O=C(NC[C@H](O)COc1ccc2c(c1)OCO2)c1ccccn1. The summed E-state index contributed by atoms with van der Waals surface area (Å²) in [5.74, 6) is 1.50. The zero-order valence-electron chi connectivity index (χ0n) is 12.3. The second kappa shape index (κ2) is 6.97. The smallest absolute Gasteiger partial charge is 0.269 e. The number of rotatable bonds is 6. The highest BCUT2D eigenvalue weighted by atomic mass is 16.7. The molecular weight excluding hydrogens is 300 g/mol. The molecule has 0 radical (unpaired) electrons. The van der Waals surface area contributed by atoms with Gasteiger partial charge in [0.25, 0.3) is 5.91 Å². The number of fused-ring (bicyclic) bond motifs is 1. The van der Waals surface area contributed by atoms with E-state index < -0.39 is 6.10 Å². The minimum atomic E-state index is -0.840. The lowest BCUT2D eigenvalue weighted by Gasteiger charge is -2.13. The third-order valence-corrected chi connectivity index (χ3v) is 3.18. The Morgan fingerprint density at radius 3 is 3.00 bits per heavy atom. The van der Waals surface area contributed by atoms with Crippen molar-refractivity contribution in [3.8, 4) is 17.2 Å². The molecule has 1 aromatic heterocycles. The summed E-state index contributed by atoms with van der Waals surface area (Å²) in [6, 6.07) is 10.2. The highest BCUT2D eigenvalue weighted by molar-refractivity contribution is 5.92. The molecule has 120 valence electrons. The highest BCUT2D eigenvalue weighted by Crippen LogP contribution is 2.35. The molecule has 0 unspecified atom stereocenters. The molecule has 0 saturated carbocycles. The van der Waals surface area contributed by atoms with Gasteiger partial charge in [-0.15, -0.1) is 0 Å². The average Bonchev–Trinajstić information content (AvgIpc) is 3.06. The van der Waals surface area contributed by atoms with Crippen molar-refractivity contribution in [2.75, 3.05) is 19.9 Å². The van der Waals surface area contributed by atoms with Crippen LogP contribution >= 0.6 is 0 Å². The topological polar surface area (TPSA) is 89.9 Å². The molecule has 2 heterocycles. The summed E-state index contributed by atoms with van der Waals surface area (Å²) in [6.07, 6.45) is 0.696. The molecule has 0 fully saturated rings. The summed E-state index contributed by atoms with van der Waals surface area (Å²) in [7, 11) is 0. The van der Waals surface area contributed by atoms with Gasteiger partial charge in [-0.05, 0) is 24.3 Å². The first-order chi connectivity index (χ1) is 11.2. The minimum Gasteiger partial charge on any atom is -0.491 e. The molecule has 2 aromatic rings. The van der Waals surface area contributed by atoms with Crippen molar-refractivity contribution in [2.45, 2.75) is 6.10 Å². The fraction of sp³-hybridized carbons (Fsp3) is 0.250. The molecule has 7 heteroatoms.